The maximum atomic E-state index is 5.38. The number of aromatic nitrogens is 1. The van der Waals surface area contributed by atoms with Crippen molar-refractivity contribution in [2.24, 2.45) is 5.10 Å². The normalized spacial score (nSPS) is 15.6. The topological polar surface area (TPSA) is 40.6 Å². The van der Waals surface area contributed by atoms with Crippen molar-refractivity contribution in [2.75, 3.05) is 26.3 Å². The molecule has 0 radical (unpaired) electrons. The minimum Gasteiger partial charge on any atom is -0.378 e. The number of aromatic amines is 1. The standard InChI is InChI=1S/C19H19N3O/c1-2-6-15(7-3-1)19-17(14-20-22-10-12-23-13-11-22)16-8-4-5-9-18(16)21-19/h1-9,14,21H,10-13H2. The smallest absolute Gasteiger partial charge is 0.0659 e. The number of hydrogen-bond acceptors (Lipinski definition) is 3. The SMILES string of the molecule is C(=NN1CCOCC1)c1c(-c2ccccc2)[nH]c2ccccc12. The van der Waals surface area contributed by atoms with Crippen LogP contribution < -0.4 is 0 Å². The Morgan fingerprint density at radius 3 is 2.52 bits per heavy atom. The molecule has 0 amide bonds. The lowest BCUT2D eigenvalue weighted by Gasteiger charge is -2.23. The third kappa shape index (κ3) is 2.85. The Labute approximate surface area is 135 Å². The van der Waals surface area contributed by atoms with Crippen molar-refractivity contribution in [1.29, 1.82) is 0 Å². The summed E-state index contributed by atoms with van der Waals surface area (Å²) < 4.78 is 5.38. The first-order valence-electron chi connectivity index (χ1n) is 7.94. The lowest BCUT2D eigenvalue weighted by Crippen LogP contribution is -2.32. The molecule has 0 aliphatic carbocycles. The van der Waals surface area contributed by atoms with Crippen LogP contribution >= 0.6 is 0 Å². The molecule has 1 aromatic heterocycles. The zero-order chi connectivity index (χ0) is 15.5. The van der Waals surface area contributed by atoms with E-state index >= 15 is 0 Å². The molecule has 0 unspecified atom stereocenters. The highest BCUT2D eigenvalue weighted by Crippen LogP contribution is 2.29. The fourth-order valence-electron chi connectivity index (χ4n) is 2.94. The molecular weight excluding hydrogens is 286 g/mol. The number of fused-ring (bicyclic) bond motifs is 1. The number of benzene rings is 2. The highest BCUT2D eigenvalue weighted by atomic mass is 16.5. The number of hydrazone groups is 1. The van der Waals surface area contributed by atoms with Crippen LogP contribution in [0.15, 0.2) is 59.7 Å². The minimum absolute atomic E-state index is 0.747. The molecule has 0 saturated carbocycles. The second-order valence-electron chi connectivity index (χ2n) is 5.64. The van der Waals surface area contributed by atoms with Gasteiger partial charge in [-0.05, 0) is 11.6 Å². The Balaban J connectivity index is 1.78. The average molecular weight is 305 g/mol. The number of ether oxygens (including phenoxy) is 1. The maximum absolute atomic E-state index is 5.38. The molecule has 4 nitrogen and oxygen atoms in total. The summed E-state index contributed by atoms with van der Waals surface area (Å²) in [6, 6.07) is 18.8. The van der Waals surface area contributed by atoms with Gasteiger partial charge in [-0.3, -0.25) is 5.01 Å². The van der Waals surface area contributed by atoms with Crippen LogP contribution in [0, 0.1) is 0 Å². The van der Waals surface area contributed by atoms with E-state index in [9.17, 15) is 0 Å². The summed E-state index contributed by atoms with van der Waals surface area (Å²) in [5.74, 6) is 0. The van der Waals surface area contributed by atoms with Gasteiger partial charge < -0.3 is 9.72 Å². The fraction of sp³-hybridized carbons (Fsp3) is 0.211. The van der Waals surface area contributed by atoms with Crippen molar-refractivity contribution in [3.63, 3.8) is 0 Å². The van der Waals surface area contributed by atoms with Gasteiger partial charge in [0.1, 0.15) is 0 Å². The number of H-pyrrole nitrogens is 1. The molecule has 0 atom stereocenters. The van der Waals surface area contributed by atoms with Gasteiger partial charge in [0, 0.05) is 16.5 Å². The monoisotopic (exact) mass is 305 g/mol. The predicted molar refractivity (Wildman–Crippen MR) is 93.7 cm³/mol. The second kappa shape index (κ2) is 6.26. The van der Waals surface area contributed by atoms with Crippen LogP contribution in [-0.2, 0) is 4.74 Å². The molecule has 4 heteroatoms. The average Bonchev–Trinajstić information content (AvgIpc) is 3.00. The van der Waals surface area contributed by atoms with Gasteiger partial charge in [-0.15, -0.1) is 0 Å². The summed E-state index contributed by atoms with van der Waals surface area (Å²) in [5, 5.41) is 7.94. The van der Waals surface area contributed by atoms with E-state index in [1.807, 2.05) is 12.3 Å². The van der Waals surface area contributed by atoms with Crippen LogP contribution in [0.1, 0.15) is 5.56 Å². The Hall–Kier alpha value is -2.59. The van der Waals surface area contributed by atoms with Crippen LogP contribution in [0.3, 0.4) is 0 Å². The number of morpholine rings is 1. The molecule has 1 fully saturated rings. The van der Waals surface area contributed by atoms with E-state index in [1.54, 1.807) is 0 Å². The first-order chi connectivity index (χ1) is 11.4. The van der Waals surface area contributed by atoms with Crippen molar-refractivity contribution in [3.8, 4) is 11.3 Å². The molecule has 3 aromatic rings. The summed E-state index contributed by atoms with van der Waals surface area (Å²) >= 11 is 0. The highest BCUT2D eigenvalue weighted by Gasteiger charge is 2.12. The Kier molecular flexibility index (Phi) is 3.82. The minimum atomic E-state index is 0.747. The second-order valence-corrected chi connectivity index (χ2v) is 5.64. The van der Waals surface area contributed by atoms with E-state index in [0.717, 1.165) is 43.1 Å². The van der Waals surface area contributed by atoms with Gasteiger partial charge in [0.15, 0.2) is 0 Å². The summed E-state index contributed by atoms with van der Waals surface area (Å²) in [6.45, 7) is 3.19. The largest absolute Gasteiger partial charge is 0.378 e. The molecule has 1 aliphatic rings. The number of nitrogens with one attached hydrogen (secondary N) is 1. The summed E-state index contributed by atoms with van der Waals surface area (Å²) in [4.78, 5) is 3.53. The van der Waals surface area contributed by atoms with Crippen molar-refractivity contribution in [2.45, 2.75) is 0 Å². The van der Waals surface area contributed by atoms with Gasteiger partial charge in [0.2, 0.25) is 0 Å². The van der Waals surface area contributed by atoms with Gasteiger partial charge in [0.25, 0.3) is 0 Å². The van der Waals surface area contributed by atoms with Crippen molar-refractivity contribution < 1.29 is 4.74 Å². The fourth-order valence-corrected chi connectivity index (χ4v) is 2.94. The number of hydrogen-bond donors (Lipinski definition) is 1. The van der Waals surface area contributed by atoms with Crippen molar-refractivity contribution >= 4 is 17.1 Å². The van der Waals surface area contributed by atoms with Crippen LogP contribution in [0.5, 0.6) is 0 Å². The molecule has 23 heavy (non-hydrogen) atoms. The molecule has 1 N–H and O–H groups in total. The third-order valence-electron chi connectivity index (χ3n) is 4.15. The quantitative estimate of drug-likeness (QED) is 0.752. The van der Waals surface area contributed by atoms with Gasteiger partial charge in [-0.25, -0.2) is 0 Å². The number of rotatable bonds is 3. The molecule has 4 rings (SSSR count). The zero-order valence-corrected chi connectivity index (χ0v) is 12.9. The summed E-state index contributed by atoms with van der Waals surface area (Å²) in [6.07, 6.45) is 1.98. The van der Waals surface area contributed by atoms with Crippen LogP contribution in [0.2, 0.25) is 0 Å². The van der Waals surface area contributed by atoms with Crippen molar-refractivity contribution in [3.05, 3.63) is 60.2 Å². The number of nitrogens with zero attached hydrogens (tertiary/aromatic N) is 2. The van der Waals surface area contributed by atoms with E-state index in [2.05, 4.69) is 63.6 Å². The third-order valence-corrected chi connectivity index (χ3v) is 4.15. The van der Waals surface area contributed by atoms with Crippen molar-refractivity contribution in [1.82, 2.24) is 9.99 Å². The lowest BCUT2D eigenvalue weighted by molar-refractivity contribution is 0.0397. The molecule has 0 bridgehead atoms. The van der Waals surface area contributed by atoms with Gasteiger partial charge >= 0.3 is 0 Å². The van der Waals surface area contributed by atoms with E-state index in [0.29, 0.717) is 0 Å². The van der Waals surface area contributed by atoms with Crippen LogP contribution in [0.25, 0.3) is 22.2 Å². The number of para-hydroxylation sites is 1. The zero-order valence-electron chi connectivity index (χ0n) is 12.9. The first kappa shape index (κ1) is 14.0. The van der Waals surface area contributed by atoms with Crippen LogP contribution in [-0.4, -0.2) is 42.5 Å². The highest BCUT2D eigenvalue weighted by molar-refractivity contribution is 6.05. The Morgan fingerprint density at radius 2 is 1.70 bits per heavy atom. The Bertz CT molecular complexity index is 817. The summed E-state index contributed by atoms with van der Waals surface area (Å²) in [7, 11) is 0. The Morgan fingerprint density at radius 1 is 0.957 bits per heavy atom. The predicted octanol–water partition coefficient (Wildman–Crippen LogP) is 3.50. The van der Waals surface area contributed by atoms with E-state index in [1.165, 1.54) is 10.9 Å². The van der Waals surface area contributed by atoms with Crippen LogP contribution in [0.4, 0.5) is 0 Å². The van der Waals surface area contributed by atoms with E-state index in [-0.39, 0.29) is 0 Å². The van der Waals surface area contributed by atoms with E-state index in [4.69, 9.17) is 4.74 Å². The van der Waals surface area contributed by atoms with Gasteiger partial charge in [0.05, 0.1) is 38.2 Å². The maximum Gasteiger partial charge on any atom is 0.0659 e. The molecule has 1 saturated heterocycles. The first-order valence-corrected chi connectivity index (χ1v) is 7.94. The molecule has 0 spiro atoms. The summed E-state index contributed by atoms with van der Waals surface area (Å²) in [5.41, 5.74) is 4.56. The molecule has 2 heterocycles. The molecule has 2 aromatic carbocycles. The lowest BCUT2D eigenvalue weighted by atomic mass is 10.1. The van der Waals surface area contributed by atoms with Gasteiger partial charge in [-0.1, -0.05) is 48.5 Å². The molecule has 116 valence electrons. The molecular formula is C19H19N3O. The molecule has 1 aliphatic heterocycles. The van der Waals surface area contributed by atoms with E-state index < -0.39 is 0 Å². The van der Waals surface area contributed by atoms with Gasteiger partial charge in [-0.2, -0.15) is 5.10 Å².